The topological polar surface area (TPSA) is 47.4 Å². The van der Waals surface area contributed by atoms with Crippen LogP contribution in [0.2, 0.25) is 0 Å². The number of aryl methyl sites for hydroxylation is 1. The number of carbonyl (C=O) groups is 1. The second kappa shape index (κ2) is 9.45. The molecule has 0 radical (unpaired) electrons. The quantitative estimate of drug-likeness (QED) is 0.298. The summed E-state index contributed by atoms with van der Waals surface area (Å²) in [6.07, 6.45) is 11.9. The predicted molar refractivity (Wildman–Crippen MR) is 142 cm³/mol. The molecular formula is C29H35F2N3O2S. The van der Waals surface area contributed by atoms with Crippen LogP contribution in [0.1, 0.15) is 66.4 Å². The number of thiazole rings is 1. The van der Waals surface area contributed by atoms with E-state index < -0.39 is 12.5 Å². The largest absolute Gasteiger partial charge is 0.464 e. The van der Waals surface area contributed by atoms with Gasteiger partial charge in [-0.25, -0.2) is 13.8 Å². The van der Waals surface area contributed by atoms with Crippen LogP contribution < -0.4 is 4.74 Å². The highest BCUT2D eigenvalue weighted by Crippen LogP contribution is 2.62. The third-order valence-corrected chi connectivity index (χ3v) is 9.64. The predicted octanol–water partition coefficient (Wildman–Crippen LogP) is 6.50. The van der Waals surface area contributed by atoms with Crippen LogP contribution in [-0.2, 0) is 20.0 Å². The van der Waals surface area contributed by atoms with E-state index in [2.05, 4.69) is 28.3 Å². The Hall–Kier alpha value is -2.32. The summed E-state index contributed by atoms with van der Waals surface area (Å²) in [6.45, 7) is 3.08. The SMILES string of the molecule is Cn1cc2cccc(C(=O)CC3CC4(CC(CCN5CCc6sc(OCC(C)(F)F)nc6C5)C4)C3)c2c1. The van der Waals surface area contributed by atoms with Gasteiger partial charge in [0.2, 0.25) is 0 Å². The maximum Gasteiger partial charge on any atom is 0.278 e. The number of benzene rings is 1. The summed E-state index contributed by atoms with van der Waals surface area (Å²) in [7, 11) is 2.00. The summed E-state index contributed by atoms with van der Waals surface area (Å²) in [5.74, 6) is -1.25. The normalized spacial score (nSPS) is 25.6. The van der Waals surface area contributed by atoms with E-state index in [0.717, 1.165) is 60.9 Å². The van der Waals surface area contributed by atoms with Gasteiger partial charge >= 0.3 is 0 Å². The van der Waals surface area contributed by atoms with E-state index >= 15 is 0 Å². The van der Waals surface area contributed by atoms with E-state index in [1.54, 1.807) is 0 Å². The van der Waals surface area contributed by atoms with Crippen molar-refractivity contribution in [1.82, 2.24) is 14.5 Å². The fourth-order valence-corrected chi connectivity index (χ4v) is 7.87. The number of nitrogens with zero attached hydrogens (tertiary/aromatic N) is 3. The first kappa shape index (κ1) is 25.0. The van der Waals surface area contributed by atoms with Gasteiger partial charge in [-0.1, -0.05) is 29.5 Å². The Kier molecular flexibility index (Phi) is 6.38. The zero-order valence-electron chi connectivity index (χ0n) is 21.6. The van der Waals surface area contributed by atoms with Gasteiger partial charge in [-0.2, -0.15) is 0 Å². The van der Waals surface area contributed by atoms with Gasteiger partial charge in [-0.05, 0) is 62.3 Å². The van der Waals surface area contributed by atoms with Gasteiger partial charge in [0.25, 0.3) is 11.1 Å². The van der Waals surface area contributed by atoms with Crippen molar-refractivity contribution < 1.29 is 18.3 Å². The van der Waals surface area contributed by atoms with Gasteiger partial charge < -0.3 is 9.30 Å². The maximum atomic E-state index is 13.1. The highest BCUT2D eigenvalue weighted by molar-refractivity contribution is 7.13. The van der Waals surface area contributed by atoms with Crippen molar-refractivity contribution in [3.05, 3.63) is 46.7 Å². The third kappa shape index (κ3) is 5.32. The van der Waals surface area contributed by atoms with E-state index in [9.17, 15) is 13.6 Å². The number of rotatable bonds is 9. The molecule has 1 aromatic carbocycles. The molecule has 2 aromatic heterocycles. The van der Waals surface area contributed by atoms with E-state index in [-0.39, 0.29) is 5.78 Å². The van der Waals surface area contributed by atoms with Crippen molar-refractivity contribution >= 4 is 27.9 Å². The fraction of sp³-hybridized carbons (Fsp3) is 0.586. The number of carbonyl (C=O) groups excluding carboxylic acids is 1. The average Bonchev–Trinajstić information content (AvgIpc) is 3.38. The maximum absolute atomic E-state index is 13.1. The van der Waals surface area contributed by atoms with Gasteiger partial charge in [-0.15, -0.1) is 0 Å². The molecule has 0 bridgehead atoms. The molecule has 5 nitrogen and oxygen atoms in total. The van der Waals surface area contributed by atoms with Crippen LogP contribution in [0.5, 0.6) is 5.19 Å². The number of Topliss-reactive ketones (excluding diaryl/α,β-unsaturated/α-hetero) is 1. The van der Waals surface area contributed by atoms with E-state index in [4.69, 9.17) is 4.74 Å². The van der Waals surface area contributed by atoms with Crippen LogP contribution in [-0.4, -0.2) is 45.9 Å². The number of ether oxygens (including phenoxy) is 1. The molecule has 0 unspecified atom stereocenters. The smallest absolute Gasteiger partial charge is 0.278 e. The Balaban J connectivity index is 0.927. The lowest BCUT2D eigenvalue weighted by Gasteiger charge is -2.58. The fourth-order valence-electron chi connectivity index (χ4n) is 6.96. The average molecular weight is 528 g/mol. The van der Waals surface area contributed by atoms with Gasteiger partial charge in [0.15, 0.2) is 12.4 Å². The highest BCUT2D eigenvalue weighted by Gasteiger charge is 2.52. The van der Waals surface area contributed by atoms with Crippen LogP contribution in [0.3, 0.4) is 0 Å². The molecule has 2 fully saturated rings. The van der Waals surface area contributed by atoms with E-state index in [1.165, 1.54) is 48.3 Å². The molecular weight excluding hydrogens is 492 g/mol. The lowest BCUT2D eigenvalue weighted by atomic mass is 9.47. The van der Waals surface area contributed by atoms with E-state index in [0.29, 0.717) is 22.9 Å². The zero-order valence-corrected chi connectivity index (χ0v) is 22.5. The zero-order chi connectivity index (χ0) is 25.8. The van der Waals surface area contributed by atoms with Crippen LogP contribution in [0.15, 0.2) is 30.6 Å². The number of fused-ring (bicyclic) bond motifs is 2. The molecule has 3 aliphatic rings. The number of hydrogen-bond acceptors (Lipinski definition) is 5. The Morgan fingerprint density at radius 2 is 2.00 bits per heavy atom. The monoisotopic (exact) mass is 527 g/mol. The molecule has 0 saturated heterocycles. The van der Waals surface area contributed by atoms with Crippen molar-refractivity contribution in [3.63, 3.8) is 0 Å². The van der Waals surface area contributed by atoms with Crippen LogP contribution in [0, 0.1) is 17.3 Å². The molecule has 0 amide bonds. The number of hydrogen-bond donors (Lipinski definition) is 0. The standard InChI is InChI=1S/C29H35F2N3O2S/c1-28(30,31)18-36-27-32-24-17-34(9-7-26(24)37-27)8-6-19-11-29(12-19)13-20(14-29)10-25(35)22-5-3-4-21-15-33(2)16-23(21)22/h3-5,15-16,19-20H,6-14,17-18H2,1-2H3. The number of halogens is 2. The minimum Gasteiger partial charge on any atom is -0.464 e. The molecule has 0 atom stereocenters. The van der Waals surface area contributed by atoms with Crippen molar-refractivity contribution in [2.24, 2.45) is 24.3 Å². The van der Waals surface area contributed by atoms with Crippen molar-refractivity contribution in [2.75, 3.05) is 19.7 Å². The van der Waals surface area contributed by atoms with Crippen molar-refractivity contribution in [1.29, 1.82) is 0 Å². The Bertz CT molecular complexity index is 1300. The lowest BCUT2D eigenvalue weighted by molar-refractivity contribution is -0.0719. The van der Waals surface area contributed by atoms with Crippen LogP contribution >= 0.6 is 11.3 Å². The van der Waals surface area contributed by atoms with Gasteiger partial charge in [-0.3, -0.25) is 9.69 Å². The number of aromatic nitrogens is 2. The Morgan fingerprint density at radius 3 is 2.78 bits per heavy atom. The molecule has 2 aliphatic carbocycles. The number of ketones is 1. The van der Waals surface area contributed by atoms with Crippen LogP contribution in [0.4, 0.5) is 8.78 Å². The van der Waals surface area contributed by atoms with E-state index in [1.807, 2.05) is 23.7 Å². The van der Waals surface area contributed by atoms with Crippen molar-refractivity contribution in [3.8, 4) is 5.19 Å². The molecule has 3 aromatic rings. The lowest BCUT2D eigenvalue weighted by Crippen LogP contribution is -2.48. The summed E-state index contributed by atoms with van der Waals surface area (Å²) in [5.41, 5.74) is 2.36. The molecule has 37 heavy (non-hydrogen) atoms. The molecule has 2 saturated carbocycles. The van der Waals surface area contributed by atoms with Crippen LogP contribution in [0.25, 0.3) is 10.8 Å². The molecule has 6 rings (SSSR count). The summed E-state index contributed by atoms with van der Waals surface area (Å²) in [6, 6.07) is 6.04. The second-order valence-corrected chi connectivity index (χ2v) is 13.0. The summed E-state index contributed by atoms with van der Waals surface area (Å²) in [5, 5.41) is 2.57. The molecule has 1 spiro atoms. The second-order valence-electron chi connectivity index (χ2n) is 11.9. The van der Waals surface area contributed by atoms with Gasteiger partial charge in [0.05, 0.1) is 5.69 Å². The molecule has 198 valence electrons. The first-order valence-electron chi connectivity index (χ1n) is 13.4. The molecule has 8 heteroatoms. The Labute approximate surface area is 220 Å². The Morgan fingerprint density at radius 1 is 1.22 bits per heavy atom. The number of alkyl halides is 2. The summed E-state index contributed by atoms with van der Waals surface area (Å²) >= 11 is 1.41. The summed E-state index contributed by atoms with van der Waals surface area (Å²) in [4.78, 5) is 21.1. The van der Waals surface area contributed by atoms with Gasteiger partial charge in [0.1, 0.15) is 0 Å². The molecule has 0 N–H and O–H groups in total. The van der Waals surface area contributed by atoms with Crippen molar-refractivity contribution in [2.45, 2.75) is 64.3 Å². The molecule has 1 aliphatic heterocycles. The first-order chi connectivity index (χ1) is 17.6. The minimum atomic E-state index is -2.84. The highest BCUT2D eigenvalue weighted by atomic mass is 32.1. The minimum absolute atomic E-state index is 0.288. The van der Waals surface area contributed by atoms with Gasteiger partial charge in [0, 0.05) is 67.1 Å². The third-order valence-electron chi connectivity index (χ3n) is 8.57. The summed E-state index contributed by atoms with van der Waals surface area (Å²) < 4.78 is 33.4. The first-order valence-corrected chi connectivity index (χ1v) is 14.3. The molecule has 3 heterocycles.